The summed E-state index contributed by atoms with van der Waals surface area (Å²) in [7, 11) is 4.71. The lowest BCUT2D eigenvalue weighted by Gasteiger charge is -2.14. The second-order valence-electron chi connectivity index (χ2n) is 3.76. The highest BCUT2D eigenvalue weighted by Crippen LogP contribution is 2.40. The third kappa shape index (κ3) is 3.91. The van der Waals surface area contributed by atoms with Gasteiger partial charge in [-0.05, 0) is 12.1 Å². The van der Waals surface area contributed by atoms with Crippen molar-refractivity contribution in [3.05, 3.63) is 23.8 Å². The number of carbonyl (C=O) groups excluding carboxylic acids is 1. The van der Waals surface area contributed by atoms with Crippen LogP contribution in [-0.2, 0) is 4.79 Å². The molecule has 0 radical (unpaired) electrons. The second-order valence-corrected chi connectivity index (χ2v) is 3.76. The van der Waals surface area contributed by atoms with Crippen molar-refractivity contribution in [2.24, 2.45) is 0 Å². The van der Waals surface area contributed by atoms with Crippen molar-refractivity contribution in [3.8, 4) is 17.2 Å². The fraction of sp³-hybridized carbons (Fsp3) is 0.357. The van der Waals surface area contributed by atoms with Gasteiger partial charge in [0.1, 0.15) is 0 Å². The number of carbonyl (C=O) groups is 1. The van der Waals surface area contributed by atoms with Crippen LogP contribution in [0.25, 0.3) is 6.08 Å². The molecule has 5 nitrogen and oxygen atoms in total. The van der Waals surface area contributed by atoms with E-state index in [0.29, 0.717) is 23.8 Å². The minimum atomic E-state index is -0.0658. The maximum absolute atomic E-state index is 10.8. The molecule has 1 amide bonds. The molecule has 0 saturated heterocycles. The molecule has 1 aromatic rings. The van der Waals surface area contributed by atoms with Crippen LogP contribution in [0.15, 0.2) is 18.2 Å². The molecule has 0 atom stereocenters. The molecule has 5 heteroatoms. The predicted molar refractivity (Wildman–Crippen MR) is 73.8 cm³/mol. The van der Waals surface area contributed by atoms with Crippen LogP contribution in [-0.4, -0.2) is 33.8 Å². The van der Waals surface area contributed by atoms with Crippen molar-refractivity contribution >= 4 is 12.0 Å². The molecule has 0 spiro atoms. The highest BCUT2D eigenvalue weighted by atomic mass is 16.5. The summed E-state index contributed by atoms with van der Waals surface area (Å²) in [4.78, 5) is 10.8. The van der Waals surface area contributed by atoms with Gasteiger partial charge in [-0.1, -0.05) is 12.2 Å². The van der Waals surface area contributed by atoms with Crippen molar-refractivity contribution < 1.29 is 19.0 Å². The van der Waals surface area contributed by atoms with Crippen molar-refractivity contribution in [1.82, 2.24) is 5.32 Å². The lowest BCUT2D eigenvalue weighted by Crippen LogP contribution is -2.19. The molecule has 0 fully saturated rings. The SMILES string of the molecule is COc1ccc(C=CCNC(C)=O)c(OC)c1OC. The van der Waals surface area contributed by atoms with E-state index in [0.717, 1.165) is 5.56 Å². The first-order valence-corrected chi connectivity index (χ1v) is 5.84. The molecular formula is C14H19NO4. The Morgan fingerprint density at radius 1 is 1.16 bits per heavy atom. The first-order chi connectivity index (χ1) is 9.13. The number of hydrogen-bond donors (Lipinski definition) is 1. The Bertz CT molecular complexity index is 469. The quantitative estimate of drug-likeness (QED) is 0.853. The van der Waals surface area contributed by atoms with Crippen molar-refractivity contribution in [2.45, 2.75) is 6.92 Å². The van der Waals surface area contributed by atoms with Crippen LogP contribution in [0.5, 0.6) is 17.2 Å². The lowest BCUT2D eigenvalue weighted by molar-refractivity contribution is -0.118. The minimum Gasteiger partial charge on any atom is -0.493 e. The fourth-order valence-electron chi connectivity index (χ4n) is 1.64. The summed E-state index contributed by atoms with van der Waals surface area (Å²) in [6, 6.07) is 3.67. The summed E-state index contributed by atoms with van der Waals surface area (Å²) in [6.45, 7) is 1.94. The van der Waals surface area contributed by atoms with E-state index in [2.05, 4.69) is 5.32 Å². The van der Waals surface area contributed by atoms with Crippen LogP contribution in [0.1, 0.15) is 12.5 Å². The summed E-state index contributed by atoms with van der Waals surface area (Å²) in [5, 5.41) is 2.68. The van der Waals surface area contributed by atoms with Gasteiger partial charge in [0, 0.05) is 19.0 Å². The molecule has 0 aliphatic carbocycles. The normalized spacial score (nSPS) is 10.3. The van der Waals surface area contributed by atoms with Crippen molar-refractivity contribution in [1.29, 1.82) is 0 Å². The van der Waals surface area contributed by atoms with E-state index in [9.17, 15) is 4.79 Å². The number of hydrogen-bond acceptors (Lipinski definition) is 4. The van der Waals surface area contributed by atoms with E-state index in [1.165, 1.54) is 6.92 Å². The molecule has 0 bridgehead atoms. The van der Waals surface area contributed by atoms with E-state index in [1.807, 2.05) is 18.2 Å². The monoisotopic (exact) mass is 265 g/mol. The van der Waals surface area contributed by atoms with E-state index < -0.39 is 0 Å². The molecule has 0 saturated carbocycles. The Morgan fingerprint density at radius 2 is 1.84 bits per heavy atom. The highest BCUT2D eigenvalue weighted by Gasteiger charge is 2.13. The number of benzene rings is 1. The van der Waals surface area contributed by atoms with Crippen LogP contribution in [0.2, 0.25) is 0 Å². The average molecular weight is 265 g/mol. The van der Waals surface area contributed by atoms with Crippen LogP contribution in [0, 0.1) is 0 Å². The molecule has 0 aromatic heterocycles. The summed E-state index contributed by atoms with van der Waals surface area (Å²) in [6.07, 6.45) is 3.70. The number of rotatable bonds is 6. The number of ether oxygens (including phenoxy) is 3. The maximum Gasteiger partial charge on any atom is 0.217 e. The summed E-state index contributed by atoms with van der Waals surface area (Å²) < 4.78 is 15.8. The smallest absolute Gasteiger partial charge is 0.217 e. The zero-order chi connectivity index (χ0) is 14.3. The topological polar surface area (TPSA) is 56.8 Å². The molecule has 0 aliphatic rings. The Hall–Kier alpha value is -2.17. The average Bonchev–Trinajstić information content (AvgIpc) is 2.42. The van der Waals surface area contributed by atoms with Gasteiger partial charge >= 0.3 is 0 Å². The fourth-order valence-corrected chi connectivity index (χ4v) is 1.64. The minimum absolute atomic E-state index is 0.0658. The Kier molecular flexibility index (Phi) is 5.73. The van der Waals surface area contributed by atoms with Crippen LogP contribution < -0.4 is 19.5 Å². The van der Waals surface area contributed by atoms with E-state index >= 15 is 0 Å². The van der Waals surface area contributed by atoms with Crippen LogP contribution in [0.4, 0.5) is 0 Å². The largest absolute Gasteiger partial charge is 0.493 e. The first-order valence-electron chi connectivity index (χ1n) is 5.84. The van der Waals surface area contributed by atoms with Gasteiger partial charge in [-0.25, -0.2) is 0 Å². The molecule has 0 heterocycles. The standard InChI is InChI=1S/C14H19NO4/c1-10(16)15-9-5-6-11-7-8-12(17-2)14(19-4)13(11)18-3/h5-8H,9H2,1-4H3,(H,15,16). The van der Waals surface area contributed by atoms with E-state index in [-0.39, 0.29) is 5.91 Å². The van der Waals surface area contributed by atoms with E-state index in [4.69, 9.17) is 14.2 Å². The summed E-state index contributed by atoms with van der Waals surface area (Å²) in [5.74, 6) is 1.69. The van der Waals surface area contributed by atoms with Gasteiger partial charge < -0.3 is 19.5 Å². The molecule has 104 valence electrons. The van der Waals surface area contributed by atoms with Gasteiger partial charge in [-0.3, -0.25) is 4.79 Å². The lowest BCUT2D eigenvalue weighted by atomic mass is 10.1. The van der Waals surface area contributed by atoms with Gasteiger partial charge in [0.15, 0.2) is 11.5 Å². The Balaban J connectivity index is 2.98. The molecular weight excluding hydrogens is 246 g/mol. The molecule has 1 aromatic carbocycles. The van der Waals surface area contributed by atoms with E-state index in [1.54, 1.807) is 27.4 Å². The maximum atomic E-state index is 10.8. The zero-order valence-electron chi connectivity index (χ0n) is 11.6. The molecule has 1 N–H and O–H groups in total. The Labute approximate surface area is 113 Å². The predicted octanol–water partition coefficient (Wildman–Crippen LogP) is 1.86. The summed E-state index contributed by atoms with van der Waals surface area (Å²) in [5.41, 5.74) is 0.852. The zero-order valence-corrected chi connectivity index (χ0v) is 11.6. The number of nitrogens with one attached hydrogen (secondary N) is 1. The third-order valence-electron chi connectivity index (χ3n) is 2.50. The van der Waals surface area contributed by atoms with Crippen LogP contribution in [0.3, 0.4) is 0 Å². The van der Waals surface area contributed by atoms with Gasteiger partial charge in [0.05, 0.1) is 21.3 Å². The molecule has 0 unspecified atom stereocenters. The molecule has 0 aliphatic heterocycles. The van der Waals surface area contributed by atoms with Crippen molar-refractivity contribution in [2.75, 3.05) is 27.9 Å². The molecule has 1 rings (SSSR count). The van der Waals surface area contributed by atoms with Gasteiger partial charge in [0.25, 0.3) is 0 Å². The van der Waals surface area contributed by atoms with Crippen LogP contribution >= 0.6 is 0 Å². The third-order valence-corrected chi connectivity index (χ3v) is 2.50. The second kappa shape index (κ2) is 7.31. The van der Waals surface area contributed by atoms with Gasteiger partial charge in [-0.15, -0.1) is 0 Å². The first kappa shape index (κ1) is 14.9. The van der Waals surface area contributed by atoms with Crippen molar-refractivity contribution in [3.63, 3.8) is 0 Å². The van der Waals surface area contributed by atoms with Gasteiger partial charge in [0.2, 0.25) is 11.7 Å². The number of methoxy groups -OCH3 is 3. The molecule has 19 heavy (non-hydrogen) atoms. The number of amides is 1. The summed E-state index contributed by atoms with van der Waals surface area (Å²) >= 11 is 0. The Morgan fingerprint density at radius 3 is 2.37 bits per heavy atom. The highest BCUT2D eigenvalue weighted by molar-refractivity contribution is 5.73. The van der Waals surface area contributed by atoms with Gasteiger partial charge in [-0.2, -0.15) is 0 Å².